The number of phenolic OH excluding ortho intramolecular Hbond substituents is 1. The molecule has 21 heavy (non-hydrogen) atoms. The van der Waals surface area contributed by atoms with Crippen LogP contribution in [-0.2, 0) is 4.79 Å². The van der Waals surface area contributed by atoms with Crippen molar-refractivity contribution in [1.82, 2.24) is 5.43 Å². The van der Waals surface area contributed by atoms with Crippen LogP contribution in [-0.4, -0.2) is 16.7 Å². The van der Waals surface area contributed by atoms with Crippen molar-refractivity contribution in [3.8, 4) is 16.9 Å². The quantitative estimate of drug-likeness (QED) is 0.890. The highest BCUT2D eigenvalue weighted by molar-refractivity contribution is 6.04. The standard InChI is InChI=1S/C16H13FN2O2/c17-13-9-10(14-7-8-16(21)19-18-14)5-6-11(13)12-3-1-2-4-15(12)20/h1-6,9,20H,7-8H2,(H,19,21). The van der Waals surface area contributed by atoms with Crippen molar-refractivity contribution < 1.29 is 14.3 Å². The van der Waals surface area contributed by atoms with Crippen LogP contribution in [0.5, 0.6) is 5.75 Å². The van der Waals surface area contributed by atoms with Gasteiger partial charge in [-0.05, 0) is 12.1 Å². The molecule has 4 nitrogen and oxygen atoms in total. The molecule has 1 aliphatic heterocycles. The van der Waals surface area contributed by atoms with Gasteiger partial charge in [0, 0.05) is 29.5 Å². The molecule has 2 N–H and O–H groups in total. The molecule has 0 radical (unpaired) electrons. The van der Waals surface area contributed by atoms with E-state index in [1.165, 1.54) is 12.1 Å². The normalized spacial score (nSPS) is 14.5. The Morgan fingerprint density at radius 2 is 1.90 bits per heavy atom. The largest absolute Gasteiger partial charge is 0.507 e. The lowest BCUT2D eigenvalue weighted by atomic mass is 9.98. The van der Waals surface area contributed by atoms with E-state index in [0.717, 1.165) is 0 Å². The fraction of sp³-hybridized carbons (Fsp3) is 0.125. The lowest BCUT2D eigenvalue weighted by Crippen LogP contribution is -2.25. The Balaban J connectivity index is 1.97. The van der Waals surface area contributed by atoms with E-state index in [-0.39, 0.29) is 11.7 Å². The van der Waals surface area contributed by atoms with Gasteiger partial charge in [0.15, 0.2) is 0 Å². The maximum absolute atomic E-state index is 14.3. The zero-order valence-electron chi connectivity index (χ0n) is 11.1. The van der Waals surface area contributed by atoms with E-state index >= 15 is 0 Å². The molecule has 5 heteroatoms. The highest BCUT2D eigenvalue weighted by Gasteiger charge is 2.16. The lowest BCUT2D eigenvalue weighted by molar-refractivity contribution is -0.121. The molecule has 0 aromatic heterocycles. The number of carbonyl (C=O) groups is 1. The molecule has 0 saturated carbocycles. The number of nitrogens with zero attached hydrogens (tertiary/aromatic N) is 1. The van der Waals surface area contributed by atoms with Gasteiger partial charge in [-0.3, -0.25) is 4.79 Å². The van der Waals surface area contributed by atoms with Crippen LogP contribution in [0.15, 0.2) is 47.6 Å². The molecule has 1 amide bonds. The minimum atomic E-state index is -0.436. The molecule has 2 aromatic carbocycles. The van der Waals surface area contributed by atoms with Gasteiger partial charge < -0.3 is 5.11 Å². The summed E-state index contributed by atoms with van der Waals surface area (Å²) in [5, 5.41) is 13.7. The van der Waals surface area contributed by atoms with Crippen molar-refractivity contribution in [2.75, 3.05) is 0 Å². The van der Waals surface area contributed by atoms with Crippen LogP contribution in [0, 0.1) is 5.82 Å². The van der Waals surface area contributed by atoms with Gasteiger partial charge in [0.05, 0.1) is 5.71 Å². The van der Waals surface area contributed by atoms with Gasteiger partial charge in [0.25, 0.3) is 0 Å². The first-order valence-corrected chi connectivity index (χ1v) is 6.59. The van der Waals surface area contributed by atoms with Crippen molar-refractivity contribution in [2.45, 2.75) is 12.8 Å². The number of nitrogens with one attached hydrogen (secondary N) is 1. The van der Waals surface area contributed by atoms with Gasteiger partial charge in [-0.15, -0.1) is 0 Å². The smallest absolute Gasteiger partial charge is 0.240 e. The van der Waals surface area contributed by atoms with Gasteiger partial charge in [0.2, 0.25) is 5.91 Å². The van der Waals surface area contributed by atoms with Crippen LogP contribution in [0.25, 0.3) is 11.1 Å². The van der Waals surface area contributed by atoms with E-state index in [1.807, 2.05) is 0 Å². The molecule has 0 bridgehead atoms. The molecule has 1 aliphatic rings. The monoisotopic (exact) mass is 284 g/mol. The maximum Gasteiger partial charge on any atom is 0.240 e. The summed E-state index contributed by atoms with van der Waals surface area (Å²) in [4.78, 5) is 11.1. The Labute approximate surface area is 120 Å². The van der Waals surface area contributed by atoms with Crippen LogP contribution in [0.2, 0.25) is 0 Å². The number of rotatable bonds is 2. The van der Waals surface area contributed by atoms with Crippen molar-refractivity contribution in [3.05, 3.63) is 53.8 Å². The van der Waals surface area contributed by atoms with Crippen molar-refractivity contribution >= 4 is 11.6 Å². The average molecular weight is 284 g/mol. The lowest BCUT2D eigenvalue weighted by Gasteiger charge is -2.13. The van der Waals surface area contributed by atoms with Crippen LogP contribution >= 0.6 is 0 Å². The third-order valence-electron chi connectivity index (χ3n) is 3.40. The number of amides is 1. The molecule has 106 valence electrons. The van der Waals surface area contributed by atoms with Crippen molar-refractivity contribution in [2.24, 2.45) is 5.10 Å². The Kier molecular flexibility index (Phi) is 3.39. The summed E-state index contributed by atoms with van der Waals surface area (Å²) < 4.78 is 14.3. The van der Waals surface area contributed by atoms with Crippen molar-refractivity contribution in [1.29, 1.82) is 0 Å². The number of hydrogen-bond donors (Lipinski definition) is 2. The number of benzene rings is 2. The van der Waals surface area contributed by atoms with Crippen molar-refractivity contribution in [3.63, 3.8) is 0 Å². The zero-order chi connectivity index (χ0) is 14.8. The summed E-state index contributed by atoms with van der Waals surface area (Å²) in [5.41, 5.74) is 4.45. The molecule has 0 saturated heterocycles. The number of para-hydroxylation sites is 1. The summed E-state index contributed by atoms with van der Waals surface area (Å²) in [6, 6.07) is 11.3. The minimum absolute atomic E-state index is 0.0337. The van der Waals surface area contributed by atoms with Crippen LogP contribution in [0.4, 0.5) is 4.39 Å². The fourth-order valence-corrected chi connectivity index (χ4v) is 2.30. The Bertz CT molecular complexity index is 741. The Hall–Kier alpha value is -2.69. The van der Waals surface area contributed by atoms with Gasteiger partial charge in [-0.1, -0.05) is 30.3 Å². The molecular formula is C16H13FN2O2. The zero-order valence-corrected chi connectivity index (χ0v) is 11.1. The summed E-state index contributed by atoms with van der Waals surface area (Å²) in [6.07, 6.45) is 0.836. The second kappa shape index (κ2) is 5.36. The van der Waals surface area contributed by atoms with E-state index in [0.29, 0.717) is 35.2 Å². The molecule has 1 heterocycles. The van der Waals surface area contributed by atoms with Crippen LogP contribution < -0.4 is 5.43 Å². The molecule has 0 fully saturated rings. The summed E-state index contributed by atoms with van der Waals surface area (Å²) in [6.45, 7) is 0. The molecule has 0 atom stereocenters. The number of halogens is 1. The number of hydrogen-bond acceptors (Lipinski definition) is 3. The molecule has 0 unspecified atom stereocenters. The summed E-state index contributed by atoms with van der Waals surface area (Å²) >= 11 is 0. The van der Waals surface area contributed by atoms with Crippen LogP contribution in [0.1, 0.15) is 18.4 Å². The first kappa shape index (κ1) is 13.3. The van der Waals surface area contributed by atoms with E-state index in [1.54, 1.807) is 30.3 Å². The Morgan fingerprint density at radius 3 is 2.57 bits per heavy atom. The highest BCUT2D eigenvalue weighted by Crippen LogP contribution is 2.31. The minimum Gasteiger partial charge on any atom is -0.507 e. The third-order valence-corrected chi connectivity index (χ3v) is 3.40. The summed E-state index contributed by atoms with van der Waals surface area (Å²) in [5.74, 6) is -0.537. The number of hydrazone groups is 1. The Morgan fingerprint density at radius 1 is 1.10 bits per heavy atom. The number of aromatic hydroxyl groups is 1. The predicted octanol–water partition coefficient (Wildman–Crippen LogP) is 2.81. The van der Waals surface area contributed by atoms with E-state index in [9.17, 15) is 14.3 Å². The second-order valence-electron chi connectivity index (χ2n) is 4.81. The topological polar surface area (TPSA) is 61.7 Å². The van der Waals surface area contributed by atoms with Gasteiger partial charge in [0.1, 0.15) is 11.6 Å². The first-order chi connectivity index (χ1) is 10.1. The SMILES string of the molecule is O=C1CCC(c2ccc(-c3ccccc3O)c(F)c2)=NN1. The molecular weight excluding hydrogens is 271 g/mol. The van der Waals surface area contributed by atoms with E-state index < -0.39 is 5.82 Å². The average Bonchev–Trinajstić information content (AvgIpc) is 2.49. The fourth-order valence-electron chi connectivity index (χ4n) is 2.30. The van der Waals surface area contributed by atoms with Gasteiger partial charge in [-0.25, -0.2) is 9.82 Å². The van der Waals surface area contributed by atoms with Gasteiger partial charge in [-0.2, -0.15) is 5.10 Å². The van der Waals surface area contributed by atoms with Gasteiger partial charge >= 0.3 is 0 Å². The summed E-state index contributed by atoms with van der Waals surface area (Å²) in [7, 11) is 0. The van der Waals surface area contributed by atoms with Crippen LogP contribution in [0.3, 0.4) is 0 Å². The second-order valence-corrected chi connectivity index (χ2v) is 4.81. The maximum atomic E-state index is 14.3. The highest BCUT2D eigenvalue weighted by atomic mass is 19.1. The molecule has 0 aliphatic carbocycles. The predicted molar refractivity (Wildman–Crippen MR) is 77.4 cm³/mol. The van der Waals surface area contributed by atoms with E-state index in [2.05, 4.69) is 10.5 Å². The molecule has 3 rings (SSSR count). The van der Waals surface area contributed by atoms with E-state index in [4.69, 9.17) is 0 Å². The number of phenols is 1. The first-order valence-electron chi connectivity index (χ1n) is 6.59. The number of carbonyl (C=O) groups excluding carboxylic acids is 1. The third kappa shape index (κ3) is 2.63. The molecule has 2 aromatic rings. The molecule has 0 spiro atoms.